The fraction of sp³-hybridized carbons (Fsp3) is 0.350. The number of halogens is 1. The van der Waals surface area contributed by atoms with Crippen molar-refractivity contribution in [3.63, 3.8) is 0 Å². The Hall–Kier alpha value is -2.10. The molecule has 7 nitrogen and oxygen atoms in total. The Morgan fingerprint density at radius 3 is 2.66 bits per heavy atom. The van der Waals surface area contributed by atoms with E-state index in [0.717, 1.165) is 0 Å². The van der Waals surface area contributed by atoms with Gasteiger partial charge in [-0.2, -0.15) is 0 Å². The van der Waals surface area contributed by atoms with Crippen LogP contribution in [0.4, 0.5) is 11.4 Å². The van der Waals surface area contributed by atoms with E-state index >= 15 is 0 Å². The number of anilines is 2. The molecule has 1 unspecified atom stereocenters. The van der Waals surface area contributed by atoms with Crippen molar-refractivity contribution in [3.05, 3.63) is 46.4 Å². The summed E-state index contributed by atoms with van der Waals surface area (Å²) in [5.74, 6) is 0.251. The lowest BCUT2D eigenvalue weighted by Crippen LogP contribution is -2.23. The van der Waals surface area contributed by atoms with Crippen LogP contribution in [0.1, 0.15) is 18.9 Å². The van der Waals surface area contributed by atoms with E-state index in [1.165, 1.54) is 6.07 Å². The van der Waals surface area contributed by atoms with Crippen LogP contribution in [0.5, 0.6) is 5.75 Å². The van der Waals surface area contributed by atoms with Crippen molar-refractivity contribution in [1.29, 1.82) is 0 Å². The summed E-state index contributed by atoms with van der Waals surface area (Å²) >= 11 is 3.38. The smallest absolute Gasteiger partial charge is 0.262 e. The minimum atomic E-state index is -3.85. The van der Waals surface area contributed by atoms with Crippen molar-refractivity contribution >= 4 is 43.2 Å². The van der Waals surface area contributed by atoms with Gasteiger partial charge in [0, 0.05) is 12.3 Å². The van der Waals surface area contributed by atoms with Crippen LogP contribution in [0.25, 0.3) is 0 Å². The number of hydrogen-bond acceptors (Lipinski definition) is 5. The van der Waals surface area contributed by atoms with Gasteiger partial charge in [-0.1, -0.05) is 6.07 Å². The molecule has 3 rings (SSSR count). The van der Waals surface area contributed by atoms with E-state index in [-0.39, 0.29) is 16.7 Å². The second-order valence-corrected chi connectivity index (χ2v) is 9.22. The Morgan fingerprint density at radius 1 is 1.24 bits per heavy atom. The monoisotopic (exact) mass is 482 g/mol. The quantitative estimate of drug-likeness (QED) is 0.623. The first kappa shape index (κ1) is 21.6. The molecule has 0 saturated carbocycles. The van der Waals surface area contributed by atoms with Crippen molar-refractivity contribution in [2.24, 2.45) is 5.92 Å². The lowest BCUT2D eigenvalue weighted by molar-refractivity contribution is -0.119. The number of benzene rings is 2. The van der Waals surface area contributed by atoms with E-state index in [1.807, 2.05) is 6.92 Å². The number of hydrogen-bond donors (Lipinski definition) is 2. The van der Waals surface area contributed by atoms with Gasteiger partial charge in [0.1, 0.15) is 5.75 Å². The van der Waals surface area contributed by atoms with Gasteiger partial charge in [-0.05, 0) is 72.1 Å². The molecular formula is C20H23BrN2O5S. The van der Waals surface area contributed by atoms with Crippen LogP contribution < -0.4 is 14.8 Å². The molecule has 1 amide bonds. The lowest BCUT2D eigenvalue weighted by Gasteiger charge is -2.14. The fourth-order valence-electron chi connectivity index (χ4n) is 3.00. The minimum Gasteiger partial charge on any atom is -0.493 e. The van der Waals surface area contributed by atoms with Crippen molar-refractivity contribution in [2.75, 3.05) is 29.9 Å². The Kier molecular flexibility index (Phi) is 6.81. The highest BCUT2D eigenvalue weighted by molar-refractivity contribution is 9.10. The van der Waals surface area contributed by atoms with Gasteiger partial charge in [0.2, 0.25) is 5.91 Å². The maximum Gasteiger partial charge on any atom is 0.262 e. The van der Waals surface area contributed by atoms with E-state index < -0.39 is 10.0 Å². The molecule has 0 aromatic heterocycles. The molecule has 156 valence electrons. The highest BCUT2D eigenvalue weighted by Gasteiger charge is 2.24. The third-order valence-electron chi connectivity index (χ3n) is 4.53. The largest absolute Gasteiger partial charge is 0.493 e. The van der Waals surface area contributed by atoms with E-state index in [0.29, 0.717) is 53.4 Å². The number of aryl methyl sites for hydroxylation is 1. The highest BCUT2D eigenvalue weighted by atomic mass is 79.9. The normalized spacial score (nSPS) is 16.4. The summed E-state index contributed by atoms with van der Waals surface area (Å²) < 4.78 is 39.8. The second kappa shape index (κ2) is 9.15. The standard InChI is InChI=1S/C20H23BrN2O5S/c1-3-28-18-7-6-16(10-17(18)21)23-29(25,26)19-11-15(5-4-13(19)2)22-20(24)14-8-9-27-12-14/h4-7,10-11,14,23H,3,8-9,12H2,1-2H3,(H,22,24). The molecule has 1 aliphatic rings. The molecule has 0 radical (unpaired) electrons. The number of nitrogens with one attached hydrogen (secondary N) is 2. The van der Waals surface area contributed by atoms with Gasteiger partial charge < -0.3 is 14.8 Å². The SMILES string of the molecule is CCOc1ccc(NS(=O)(=O)c2cc(NC(=O)C3CCOC3)ccc2C)cc1Br. The molecule has 0 bridgehead atoms. The summed E-state index contributed by atoms with van der Waals surface area (Å²) in [5, 5.41) is 2.78. The molecular weight excluding hydrogens is 460 g/mol. The van der Waals surface area contributed by atoms with Crippen LogP contribution in [0.3, 0.4) is 0 Å². The van der Waals surface area contributed by atoms with Gasteiger partial charge in [0.25, 0.3) is 10.0 Å². The maximum absolute atomic E-state index is 12.9. The number of carbonyl (C=O) groups excluding carboxylic acids is 1. The molecule has 2 aromatic rings. The third kappa shape index (κ3) is 5.29. The number of carbonyl (C=O) groups is 1. The summed E-state index contributed by atoms with van der Waals surface area (Å²) in [6.07, 6.45) is 0.664. The van der Waals surface area contributed by atoms with Crippen LogP contribution in [0, 0.1) is 12.8 Å². The van der Waals surface area contributed by atoms with Crippen molar-refractivity contribution < 1.29 is 22.7 Å². The van der Waals surface area contributed by atoms with Gasteiger partial charge in [0.05, 0.1) is 34.2 Å². The number of rotatable bonds is 7. The first-order chi connectivity index (χ1) is 13.8. The van der Waals surface area contributed by atoms with E-state index in [9.17, 15) is 13.2 Å². The lowest BCUT2D eigenvalue weighted by atomic mass is 10.1. The van der Waals surface area contributed by atoms with Crippen molar-refractivity contribution in [1.82, 2.24) is 0 Å². The molecule has 2 N–H and O–H groups in total. The maximum atomic E-state index is 12.9. The van der Waals surface area contributed by atoms with Crippen LogP contribution in [0.15, 0.2) is 45.8 Å². The molecule has 0 aliphatic carbocycles. The second-order valence-electron chi connectivity index (χ2n) is 6.71. The zero-order valence-corrected chi connectivity index (χ0v) is 18.6. The zero-order chi connectivity index (χ0) is 21.0. The van der Waals surface area contributed by atoms with Gasteiger partial charge in [0.15, 0.2) is 0 Å². The van der Waals surface area contributed by atoms with Gasteiger partial charge in [-0.3, -0.25) is 9.52 Å². The summed E-state index contributed by atoms with van der Waals surface area (Å²) in [5.41, 5.74) is 1.41. The summed E-state index contributed by atoms with van der Waals surface area (Å²) in [7, 11) is -3.85. The Labute approximate surface area is 179 Å². The number of sulfonamides is 1. The zero-order valence-electron chi connectivity index (χ0n) is 16.2. The van der Waals surface area contributed by atoms with Gasteiger partial charge >= 0.3 is 0 Å². The predicted octanol–water partition coefficient (Wildman–Crippen LogP) is 3.93. The first-order valence-electron chi connectivity index (χ1n) is 9.24. The molecule has 29 heavy (non-hydrogen) atoms. The summed E-state index contributed by atoms with van der Waals surface area (Å²) in [6, 6.07) is 9.80. The molecule has 1 saturated heterocycles. The Bertz CT molecular complexity index is 1000. The van der Waals surface area contributed by atoms with E-state index in [1.54, 1.807) is 37.3 Å². The Balaban J connectivity index is 1.80. The molecule has 2 aromatic carbocycles. The number of amides is 1. The molecule has 1 fully saturated rings. The topological polar surface area (TPSA) is 93.7 Å². The van der Waals surface area contributed by atoms with Crippen molar-refractivity contribution in [3.8, 4) is 5.75 Å². The first-order valence-corrected chi connectivity index (χ1v) is 11.5. The van der Waals surface area contributed by atoms with Crippen molar-refractivity contribution in [2.45, 2.75) is 25.2 Å². The van der Waals surface area contributed by atoms with Crippen LogP contribution in [-0.2, 0) is 19.6 Å². The predicted molar refractivity (Wildman–Crippen MR) is 115 cm³/mol. The van der Waals surface area contributed by atoms with E-state index in [2.05, 4.69) is 26.0 Å². The molecule has 9 heteroatoms. The van der Waals surface area contributed by atoms with Crippen LogP contribution in [-0.4, -0.2) is 34.1 Å². The molecule has 1 atom stereocenters. The highest BCUT2D eigenvalue weighted by Crippen LogP contribution is 2.30. The summed E-state index contributed by atoms with van der Waals surface area (Å²) in [4.78, 5) is 12.4. The minimum absolute atomic E-state index is 0.1000. The average Bonchev–Trinajstić information content (AvgIpc) is 3.20. The van der Waals surface area contributed by atoms with E-state index in [4.69, 9.17) is 9.47 Å². The molecule has 1 aliphatic heterocycles. The molecule has 1 heterocycles. The fourth-order valence-corrected chi connectivity index (χ4v) is 4.81. The average molecular weight is 483 g/mol. The third-order valence-corrected chi connectivity index (χ3v) is 6.67. The number of ether oxygens (including phenoxy) is 2. The van der Waals surface area contributed by atoms with Gasteiger partial charge in [-0.25, -0.2) is 8.42 Å². The van der Waals surface area contributed by atoms with Crippen LogP contribution >= 0.6 is 15.9 Å². The van der Waals surface area contributed by atoms with Gasteiger partial charge in [-0.15, -0.1) is 0 Å². The molecule has 0 spiro atoms. The van der Waals surface area contributed by atoms with Crippen LogP contribution in [0.2, 0.25) is 0 Å². The summed E-state index contributed by atoms with van der Waals surface area (Å²) in [6.45, 7) is 5.04. The Morgan fingerprint density at radius 2 is 2.00 bits per heavy atom.